The van der Waals surface area contributed by atoms with Crippen LogP contribution in [0.15, 0.2) is 182 Å². The highest BCUT2D eigenvalue weighted by atomic mass is 32.1. The van der Waals surface area contributed by atoms with Gasteiger partial charge in [-0.3, -0.25) is 0 Å². The largest absolute Gasteiger partial charge is 0.309 e. The van der Waals surface area contributed by atoms with Gasteiger partial charge in [0.2, 0.25) is 0 Å². The molecule has 0 saturated carbocycles. The SMILES string of the molecule is c1ccc(-c2ccc(-c3nc(-c4ccccc4)nc(-c4cc(-n5c6ccccc6c6ccccc65)cc5c4sc4ccc6sc7ccccc7c6c45)n3)cc2)cc1. The number of fused-ring (bicyclic) bond motifs is 10. The van der Waals surface area contributed by atoms with Gasteiger partial charge in [0.15, 0.2) is 17.5 Å². The van der Waals surface area contributed by atoms with Crippen LogP contribution in [0.5, 0.6) is 0 Å². The maximum atomic E-state index is 5.35. The van der Waals surface area contributed by atoms with E-state index >= 15 is 0 Å². The molecule has 0 N–H and O–H groups in total. The number of nitrogens with zero attached hydrogens (tertiary/aromatic N) is 4. The van der Waals surface area contributed by atoms with Crippen LogP contribution in [0.1, 0.15) is 0 Å². The maximum Gasteiger partial charge on any atom is 0.165 e. The fraction of sp³-hybridized carbons (Fsp3) is 0. The van der Waals surface area contributed by atoms with Crippen LogP contribution in [0.2, 0.25) is 0 Å². The van der Waals surface area contributed by atoms with E-state index in [4.69, 9.17) is 15.0 Å². The van der Waals surface area contributed by atoms with Crippen LogP contribution in [0.25, 0.3) is 113 Å². The van der Waals surface area contributed by atoms with E-state index in [1.807, 2.05) is 46.9 Å². The number of hydrogen-bond acceptors (Lipinski definition) is 5. The molecule has 57 heavy (non-hydrogen) atoms. The van der Waals surface area contributed by atoms with E-state index in [0.717, 1.165) is 43.7 Å². The molecular formula is C51H30N4S2. The Balaban J connectivity index is 1.18. The molecule has 0 aliphatic rings. The third kappa shape index (κ3) is 5.15. The first-order valence-electron chi connectivity index (χ1n) is 19.0. The summed E-state index contributed by atoms with van der Waals surface area (Å²) >= 11 is 3.68. The molecule has 0 radical (unpaired) electrons. The number of para-hydroxylation sites is 2. The molecule has 4 heterocycles. The molecule has 0 amide bonds. The number of hydrogen-bond donors (Lipinski definition) is 0. The number of benzene rings is 8. The lowest BCUT2D eigenvalue weighted by molar-refractivity contribution is 1.07. The lowest BCUT2D eigenvalue weighted by Gasteiger charge is -2.13. The molecular weight excluding hydrogens is 733 g/mol. The summed E-state index contributed by atoms with van der Waals surface area (Å²) in [5, 5.41) is 7.54. The third-order valence-corrected chi connectivity index (χ3v) is 13.4. The average Bonchev–Trinajstić information content (AvgIpc) is 3.96. The normalized spacial score (nSPS) is 11.9. The van der Waals surface area contributed by atoms with E-state index in [1.54, 1.807) is 0 Å². The predicted octanol–water partition coefficient (Wildman–Crippen LogP) is 14.4. The summed E-state index contributed by atoms with van der Waals surface area (Å²) in [5.41, 5.74) is 8.58. The lowest BCUT2D eigenvalue weighted by Crippen LogP contribution is -2.01. The minimum atomic E-state index is 0.640. The fourth-order valence-corrected chi connectivity index (χ4v) is 10.8. The van der Waals surface area contributed by atoms with Gasteiger partial charge in [-0.05, 0) is 53.6 Å². The van der Waals surface area contributed by atoms with Crippen LogP contribution in [0.3, 0.4) is 0 Å². The van der Waals surface area contributed by atoms with Gasteiger partial charge in [0.1, 0.15) is 0 Å². The minimum absolute atomic E-state index is 0.640. The van der Waals surface area contributed by atoms with Crippen molar-refractivity contribution in [1.29, 1.82) is 0 Å². The van der Waals surface area contributed by atoms with Gasteiger partial charge in [0.05, 0.1) is 11.0 Å². The van der Waals surface area contributed by atoms with Crippen molar-refractivity contribution >= 4 is 84.8 Å². The molecule has 4 aromatic heterocycles. The van der Waals surface area contributed by atoms with E-state index < -0.39 is 0 Å². The van der Waals surface area contributed by atoms with Crippen LogP contribution >= 0.6 is 22.7 Å². The topological polar surface area (TPSA) is 43.6 Å². The quantitative estimate of drug-likeness (QED) is 0.175. The molecule has 0 atom stereocenters. The Labute approximate surface area is 335 Å². The van der Waals surface area contributed by atoms with Gasteiger partial charge in [-0.2, -0.15) is 0 Å². The standard InChI is InChI=1S/C51H30N4S2/c1-3-13-31(14-4-1)32-23-25-34(26-24-32)50-52-49(33-15-5-2-6-16-33)53-51(54-50)40-30-35(55-41-20-10-7-17-36(41)37-18-8-11-21-42(37)55)29-39-47-45(57-48(39)40)28-27-44-46(47)38-19-9-12-22-43(38)56-44/h1-30H. The molecule has 12 aromatic rings. The highest BCUT2D eigenvalue weighted by Gasteiger charge is 2.22. The van der Waals surface area contributed by atoms with Crippen molar-refractivity contribution in [3.63, 3.8) is 0 Å². The Morgan fingerprint density at radius 2 is 0.842 bits per heavy atom. The van der Waals surface area contributed by atoms with E-state index in [2.05, 4.69) is 162 Å². The van der Waals surface area contributed by atoms with Crippen LogP contribution in [0.4, 0.5) is 0 Å². The molecule has 0 aliphatic carbocycles. The van der Waals surface area contributed by atoms with Crippen molar-refractivity contribution in [1.82, 2.24) is 19.5 Å². The lowest BCUT2D eigenvalue weighted by atomic mass is 10.0. The van der Waals surface area contributed by atoms with E-state index in [-0.39, 0.29) is 0 Å². The molecule has 266 valence electrons. The van der Waals surface area contributed by atoms with Gasteiger partial charge in [0, 0.05) is 73.5 Å². The summed E-state index contributed by atoms with van der Waals surface area (Å²) in [6.07, 6.45) is 0. The molecule has 0 aliphatic heterocycles. The van der Waals surface area contributed by atoms with Gasteiger partial charge in [-0.15, -0.1) is 22.7 Å². The minimum Gasteiger partial charge on any atom is -0.309 e. The Morgan fingerprint density at radius 3 is 1.53 bits per heavy atom. The summed E-state index contributed by atoms with van der Waals surface area (Å²) < 4.78 is 7.40. The zero-order chi connectivity index (χ0) is 37.5. The monoisotopic (exact) mass is 762 g/mol. The van der Waals surface area contributed by atoms with Gasteiger partial charge in [0.25, 0.3) is 0 Å². The summed E-state index contributed by atoms with van der Waals surface area (Å²) in [6, 6.07) is 64.7. The molecule has 0 bridgehead atoms. The van der Waals surface area contributed by atoms with Crippen LogP contribution in [-0.4, -0.2) is 19.5 Å². The first-order chi connectivity index (χ1) is 28.2. The smallest absolute Gasteiger partial charge is 0.165 e. The Morgan fingerprint density at radius 1 is 0.351 bits per heavy atom. The van der Waals surface area contributed by atoms with Crippen molar-refractivity contribution in [2.75, 3.05) is 0 Å². The van der Waals surface area contributed by atoms with Crippen molar-refractivity contribution in [2.45, 2.75) is 0 Å². The number of thiophene rings is 2. The molecule has 8 aromatic carbocycles. The maximum absolute atomic E-state index is 5.35. The molecule has 4 nitrogen and oxygen atoms in total. The van der Waals surface area contributed by atoms with Crippen molar-refractivity contribution < 1.29 is 0 Å². The molecule has 0 spiro atoms. The third-order valence-electron chi connectivity index (χ3n) is 11.1. The van der Waals surface area contributed by atoms with Crippen LogP contribution in [0, 0.1) is 0 Å². The van der Waals surface area contributed by atoms with E-state index in [1.165, 1.54) is 52.0 Å². The Hall–Kier alpha value is -6.99. The van der Waals surface area contributed by atoms with Gasteiger partial charge < -0.3 is 4.57 Å². The predicted molar refractivity (Wildman–Crippen MR) is 242 cm³/mol. The zero-order valence-corrected chi connectivity index (χ0v) is 32.1. The first-order valence-corrected chi connectivity index (χ1v) is 20.7. The van der Waals surface area contributed by atoms with Gasteiger partial charge in [-0.1, -0.05) is 140 Å². The highest BCUT2D eigenvalue weighted by Crippen LogP contribution is 2.48. The van der Waals surface area contributed by atoms with Gasteiger partial charge in [-0.25, -0.2) is 15.0 Å². The second kappa shape index (κ2) is 12.8. The Bertz CT molecular complexity index is 3460. The van der Waals surface area contributed by atoms with Crippen LogP contribution in [-0.2, 0) is 0 Å². The molecule has 0 saturated heterocycles. The molecule has 0 fully saturated rings. The average molecular weight is 763 g/mol. The fourth-order valence-electron chi connectivity index (χ4n) is 8.45. The Kier molecular flexibility index (Phi) is 7.24. The van der Waals surface area contributed by atoms with Crippen molar-refractivity contribution in [3.8, 4) is 51.0 Å². The zero-order valence-electron chi connectivity index (χ0n) is 30.4. The number of rotatable bonds is 5. The van der Waals surface area contributed by atoms with Crippen LogP contribution < -0.4 is 0 Å². The summed E-state index contributed by atoms with van der Waals surface area (Å²) in [4.78, 5) is 15.8. The van der Waals surface area contributed by atoms with E-state index in [9.17, 15) is 0 Å². The summed E-state index contributed by atoms with van der Waals surface area (Å²) in [6.45, 7) is 0. The van der Waals surface area contributed by atoms with Gasteiger partial charge >= 0.3 is 0 Å². The summed E-state index contributed by atoms with van der Waals surface area (Å²) in [5.74, 6) is 1.93. The first kappa shape index (κ1) is 32.3. The molecule has 12 rings (SSSR count). The highest BCUT2D eigenvalue weighted by molar-refractivity contribution is 7.28. The molecule has 6 heteroatoms. The van der Waals surface area contributed by atoms with Crippen molar-refractivity contribution in [3.05, 3.63) is 182 Å². The second-order valence-electron chi connectivity index (χ2n) is 14.4. The van der Waals surface area contributed by atoms with Crippen molar-refractivity contribution in [2.24, 2.45) is 0 Å². The summed E-state index contributed by atoms with van der Waals surface area (Å²) in [7, 11) is 0. The number of aromatic nitrogens is 4. The second-order valence-corrected chi connectivity index (χ2v) is 16.5. The van der Waals surface area contributed by atoms with E-state index in [0.29, 0.717) is 17.5 Å². The molecule has 0 unspecified atom stereocenters.